The van der Waals surface area contributed by atoms with Crippen molar-refractivity contribution in [3.8, 4) is 11.5 Å². The maximum atomic E-state index is 5.91. The first-order valence-corrected chi connectivity index (χ1v) is 7.64. The molecule has 0 bridgehead atoms. The van der Waals surface area contributed by atoms with Crippen molar-refractivity contribution in [2.45, 2.75) is 33.1 Å². The first-order chi connectivity index (χ1) is 9.51. The average Bonchev–Trinajstić information content (AvgIpc) is 2.44. The Labute approximate surface area is 129 Å². The molecular formula is C17H20BrNO. The SMILES string of the molecule is CCC(C)c1ccc(Oc2cc(C)c(N)cc2Br)cc1. The number of hydrogen-bond donors (Lipinski definition) is 1. The lowest BCUT2D eigenvalue weighted by Crippen LogP contribution is -1.94. The minimum atomic E-state index is 0.578. The van der Waals surface area contributed by atoms with Crippen LogP contribution in [0.4, 0.5) is 5.69 Å². The Morgan fingerprint density at radius 1 is 1.20 bits per heavy atom. The van der Waals surface area contributed by atoms with Crippen LogP contribution in [0.3, 0.4) is 0 Å². The zero-order valence-corrected chi connectivity index (χ0v) is 13.7. The number of ether oxygens (including phenoxy) is 1. The summed E-state index contributed by atoms with van der Waals surface area (Å²) >= 11 is 3.48. The van der Waals surface area contributed by atoms with E-state index in [0.717, 1.165) is 33.6 Å². The molecule has 2 aromatic carbocycles. The molecule has 106 valence electrons. The number of aryl methyl sites for hydroxylation is 1. The molecule has 0 aliphatic rings. The van der Waals surface area contributed by atoms with Crippen LogP contribution in [0.25, 0.3) is 0 Å². The minimum absolute atomic E-state index is 0.578. The van der Waals surface area contributed by atoms with E-state index in [4.69, 9.17) is 10.5 Å². The Kier molecular flexibility index (Phi) is 4.71. The van der Waals surface area contributed by atoms with E-state index in [9.17, 15) is 0 Å². The van der Waals surface area contributed by atoms with Gasteiger partial charge in [0.15, 0.2) is 0 Å². The molecule has 1 atom stereocenters. The second-order valence-electron chi connectivity index (χ2n) is 5.12. The van der Waals surface area contributed by atoms with Crippen molar-refractivity contribution in [2.75, 3.05) is 5.73 Å². The highest BCUT2D eigenvalue weighted by Crippen LogP contribution is 2.33. The Balaban J connectivity index is 2.20. The quantitative estimate of drug-likeness (QED) is 0.734. The van der Waals surface area contributed by atoms with Crippen molar-refractivity contribution < 1.29 is 4.74 Å². The van der Waals surface area contributed by atoms with E-state index in [1.54, 1.807) is 0 Å². The number of hydrogen-bond acceptors (Lipinski definition) is 2. The van der Waals surface area contributed by atoms with Crippen molar-refractivity contribution in [2.24, 2.45) is 0 Å². The second kappa shape index (κ2) is 6.31. The van der Waals surface area contributed by atoms with E-state index in [-0.39, 0.29) is 0 Å². The lowest BCUT2D eigenvalue weighted by Gasteiger charge is -2.12. The number of benzene rings is 2. The van der Waals surface area contributed by atoms with Crippen LogP contribution in [0.5, 0.6) is 11.5 Å². The fourth-order valence-corrected chi connectivity index (χ4v) is 2.42. The summed E-state index contributed by atoms with van der Waals surface area (Å²) in [6.07, 6.45) is 1.14. The van der Waals surface area contributed by atoms with Crippen LogP contribution in [0, 0.1) is 6.92 Å². The summed E-state index contributed by atoms with van der Waals surface area (Å²) in [4.78, 5) is 0. The molecule has 0 aliphatic carbocycles. The Morgan fingerprint density at radius 2 is 1.85 bits per heavy atom. The van der Waals surface area contributed by atoms with Gasteiger partial charge in [0.05, 0.1) is 4.47 Å². The van der Waals surface area contributed by atoms with E-state index >= 15 is 0 Å². The van der Waals surface area contributed by atoms with E-state index in [2.05, 4.69) is 41.9 Å². The van der Waals surface area contributed by atoms with Crippen molar-refractivity contribution in [3.63, 3.8) is 0 Å². The molecule has 0 aromatic heterocycles. The molecule has 0 aliphatic heterocycles. The van der Waals surface area contributed by atoms with Crippen LogP contribution in [-0.4, -0.2) is 0 Å². The van der Waals surface area contributed by atoms with E-state index in [1.807, 2.05) is 31.2 Å². The van der Waals surface area contributed by atoms with E-state index in [0.29, 0.717) is 5.92 Å². The van der Waals surface area contributed by atoms with Crippen LogP contribution >= 0.6 is 15.9 Å². The molecule has 2 N–H and O–H groups in total. The monoisotopic (exact) mass is 333 g/mol. The van der Waals surface area contributed by atoms with Gasteiger partial charge in [-0.2, -0.15) is 0 Å². The normalized spacial score (nSPS) is 12.2. The highest BCUT2D eigenvalue weighted by Gasteiger charge is 2.07. The first-order valence-electron chi connectivity index (χ1n) is 6.84. The summed E-state index contributed by atoms with van der Waals surface area (Å²) in [5.74, 6) is 2.20. The largest absolute Gasteiger partial charge is 0.456 e. The second-order valence-corrected chi connectivity index (χ2v) is 5.97. The third kappa shape index (κ3) is 3.34. The maximum Gasteiger partial charge on any atom is 0.142 e. The summed E-state index contributed by atoms with van der Waals surface area (Å²) in [5, 5.41) is 0. The zero-order valence-electron chi connectivity index (χ0n) is 12.1. The number of nitrogen functional groups attached to an aromatic ring is 1. The Bertz CT molecular complexity index is 593. The molecule has 0 fully saturated rings. The lowest BCUT2D eigenvalue weighted by molar-refractivity contribution is 0.479. The van der Waals surface area contributed by atoms with Gasteiger partial charge in [0, 0.05) is 5.69 Å². The van der Waals surface area contributed by atoms with Crippen LogP contribution < -0.4 is 10.5 Å². The predicted molar refractivity (Wildman–Crippen MR) is 88.5 cm³/mol. The lowest BCUT2D eigenvalue weighted by atomic mass is 9.99. The predicted octanol–water partition coefficient (Wildman–Crippen LogP) is 5.65. The molecule has 20 heavy (non-hydrogen) atoms. The number of rotatable bonds is 4. The maximum absolute atomic E-state index is 5.91. The molecule has 0 saturated heterocycles. The third-order valence-corrected chi connectivity index (χ3v) is 4.23. The molecule has 0 radical (unpaired) electrons. The van der Waals surface area contributed by atoms with E-state index in [1.165, 1.54) is 5.56 Å². The van der Waals surface area contributed by atoms with Crippen LogP contribution in [0.15, 0.2) is 40.9 Å². The molecule has 0 saturated carbocycles. The molecule has 2 aromatic rings. The molecule has 0 spiro atoms. The fourth-order valence-electron chi connectivity index (χ4n) is 1.98. The minimum Gasteiger partial charge on any atom is -0.456 e. The van der Waals surface area contributed by atoms with Gasteiger partial charge >= 0.3 is 0 Å². The molecular weight excluding hydrogens is 314 g/mol. The van der Waals surface area contributed by atoms with Crippen molar-refractivity contribution in [1.29, 1.82) is 0 Å². The molecule has 3 heteroatoms. The van der Waals surface area contributed by atoms with Gasteiger partial charge in [-0.15, -0.1) is 0 Å². The molecule has 2 rings (SSSR count). The van der Waals surface area contributed by atoms with Crippen LogP contribution in [0.2, 0.25) is 0 Å². The summed E-state index contributed by atoms with van der Waals surface area (Å²) in [7, 11) is 0. The molecule has 0 amide bonds. The van der Waals surface area contributed by atoms with Gasteiger partial charge in [-0.05, 0) is 70.6 Å². The van der Waals surface area contributed by atoms with Gasteiger partial charge < -0.3 is 10.5 Å². The van der Waals surface area contributed by atoms with Gasteiger partial charge in [0.2, 0.25) is 0 Å². The van der Waals surface area contributed by atoms with Gasteiger partial charge in [-0.25, -0.2) is 0 Å². The van der Waals surface area contributed by atoms with Crippen molar-refractivity contribution in [3.05, 3.63) is 52.0 Å². The van der Waals surface area contributed by atoms with Crippen LogP contribution in [0.1, 0.15) is 37.3 Å². The molecule has 0 heterocycles. The number of halogens is 1. The van der Waals surface area contributed by atoms with Crippen molar-refractivity contribution in [1.82, 2.24) is 0 Å². The smallest absolute Gasteiger partial charge is 0.142 e. The zero-order chi connectivity index (χ0) is 14.7. The fraction of sp³-hybridized carbons (Fsp3) is 0.294. The summed E-state index contributed by atoms with van der Waals surface area (Å²) in [5.41, 5.74) is 8.98. The third-order valence-electron chi connectivity index (χ3n) is 3.61. The van der Waals surface area contributed by atoms with E-state index < -0.39 is 0 Å². The van der Waals surface area contributed by atoms with Gasteiger partial charge in [0.1, 0.15) is 11.5 Å². The number of anilines is 1. The van der Waals surface area contributed by atoms with Crippen LogP contribution in [-0.2, 0) is 0 Å². The van der Waals surface area contributed by atoms with Gasteiger partial charge in [0.25, 0.3) is 0 Å². The molecule has 2 nitrogen and oxygen atoms in total. The van der Waals surface area contributed by atoms with Gasteiger partial charge in [-0.3, -0.25) is 0 Å². The summed E-state index contributed by atoms with van der Waals surface area (Å²) in [6, 6.07) is 12.1. The molecule has 1 unspecified atom stereocenters. The Hall–Kier alpha value is -1.48. The topological polar surface area (TPSA) is 35.2 Å². The van der Waals surface area contributed by atoms with Gasteiger partial charge in [-0.1, -0.05) is 26.0 Å². The number of nitrogens with two attached hydrogens (primary N) is 1. The first kappa shape index (κ1) is 14.9. The standard InChI is InChI=1S/C17H20BrNO/c1-4-11(2)13-5-7-14(8-6-13)20-17-9-12(3)16(19)10-15(17)18/h5-11H,4,19H2,1-3H3. The van der Waals surface area contributed by atoms with Crippen molar-refractivity contribution >= 4 is 21.6 Å². The highest BCUT2D eigenvalue weighted by atomic mass is 79.9. The average molecular weight is 334 g/mol. The summed E-state index contributed by atoms with van der Waals surface area (Å²) in [6.45, 7) is 6.40. The highest BCUT2D eigenvalue weighted by molar-refractivity contribution is 9.10. The summed E-state index contributed by atoms with van der Waals surface area (Å²) < 4.78 is 6.78. The Morgan fingerprint density at radius 3 is 2.45 bits per heavy atom.